The maximum Gasteiger partial charge on any atom is 0.258 e. The van der Waals surface area contributed by atoms with Crippen LogP contribution in [0.2, 0.25) is 5.15 Å². The number of hydrogen-bond donors (Lipinski definition) is 0. The van der Waals surface area contributed by atoms with E-state index in [1.807, 2.05) is 0 Å². The molecule has 0 aliphatic rings. The van der Waals surface area contributed by atoms with Crippen LogP contribution in [0.25, 0.3) is 0 Å². The molecule has 1 rings (SSSR count). The quantitative estimate of drug-likeness (QED) is 0.635. The summed E-state index contributed by atoms with van der Waals surface area (Å²) in [5, 5.41) is 0.266. The Hall–Kier alpha value is -0.960. The molecular weight excluding hydrogens is 166 g/mol. The molecule has 4 heteroatoms. The molecule has 0 amide bonds. The average Bonchev–Trinajstić information content (AvgIpc) is 2.04. The Morgan fingerprint density at radius 1 is 1.45 bits per heavy atom. The molecule has 59 valence electrons. The van der Waals surface area contributed by atoms with Gasteiger partial charge in [-0.15, -0.1) is 0 Å². The Kier molecular flexibility index (Phi) is 2.54. The van der Waals surface area contributed by atoms with Gasteiger partial charge in [-0.05, 0) is 6.07 Å². The summed E-state index contributed by atoms with van der Waals surface area (Å²) >= 11 is 5.55. The van der Waals surface area contributed by atoms with Gasteiger partial charge in [0.1, 0.15) is 5.15 Å². The second kappa shape index (κ2) is 3.44. The molecular formula is C7H7ClNO2. The van der Waals surface area contributed by atoms with E-state index in [1.54, 1.807) is 6.07 Å². The minimum absolute atomic E-state index is 0.266. The molecule has 3 nitrogen and oxygen atoms in total. The van der Waals surface area contributed by atoms with Crippen molar-refractivity contribution in [2.75, 3.05) is 14.2 Å². The van der Waals surface area contributed by atoms with Crippen molar-refractivity contribution in [3.8, 4) is 11.6 Å². The van der Waals surface area contributed by atoms with Gasteiger partial charge in [0, 0.05) is 6.07 Å². The summed E-state index contributed by atoms with van der Waals surface area (Å²) in [5.74, 6) is 0.896. The average molecular weight is 173 g/mol. The number of methoxy groups -OCH3 is 2. The Labute approximate surface area is 69.9 Å². The third kappa shape index (κ3) is 1.74. The van der Waals surface area contributed by atoms with E-state index in [0.29, 0.717) is 11.6 Å². The molecule has 1 aromatic rings. The van der Waals surface area contributed by atoms with Gasteiger partial charge in [0.15, 0.2) is 5.75 Å². The SMILES string of the molecule is COc1c[c]c(Cl)nc1OC. The molecule has 0 aliphatic carbocycles. The van der Waals surface area contributed by atoms with E-state index in [2.05, 4.69) is 11.1 Å². The first-order chi connectivity index (χ1) is 5.27. The lowest BCUT2D eigenvalue weighted by atomic mass is 10.4. The molecule has 0 saturated heterocycles. The Morgan fingerprint density at radius 2 is 2.18 bits per heavy atom. The maximum absolute atomic E-state index is 5.55. The second-order valence-corrected chi connectivity index (χ2v) is 2.13. The van der Waals surface area contributed by atoms with Gasteiger partial charge in [-0.1, -0.05) is 11.6 Å². The summed E-state index contributed by atoms with van der Waals surface area (Å²) in [5.41, 5.74) is 0. The first-order valence-electron chi connectivity index (χ1n) is 2.94. The molecule has 1 radical (unpaired) electrons. The van der Waals surface area contributed by atoms with Crippen LogP contribution < -0.4 is 9.47 Å². The molecule has 0 unspecified atom stereocenters. The predicted molar refractivity (Wildman–Crippen MR) is 41.2 cm³/mol. The van der Waals surface area contributed by atoms with Crippen molar-refractivity contribution in [3.63, 3.8) is 0 Å². The minimum atomic E-state index is 0.266. The fourth-order valence-electron chi connectivity index (χ4n) is 0.656. The Bertz CT molecular complexity index is 252. The molecule has 11 heavy (non-hydrogen) atoms. The smallest absolute Gasteiger partial charge is 0.258 e. The minimum Gasteiger partial charge on any atom is -0.491 e. The third-order valence-corrected chi connectivity index (χ3v) is 1.34. The van der Waals surface area contributed by atoms with Crippen molar-refractivity contribution in [2.24, 2.45) is 0 Å². The summed E-state index contributed by atoms with van der Waals surface area (Å²) in [4.78, 5) is 3.83. The van der Waals surface area contributed by atoms with Crippen molar-refractivity contribution in [2.45, 2.75) is 0 Å². The third-order valence-electron chi connectivity index (χ3n) is 1.15. The van der Waals surface area contributed by atoms with Gasteiger partial charge >= 0.3 is 0 Å². The number of nitrogens with zero attached hydrogens (tertiary/aromatic N) is 1. The maximum atomic E-state index is 5.55. The highest BCUT2D eigenvalue weighted by Gasteiger charge is 2.04. The monoisotopic (exact) mass is 172 g/mol. The van der Waals surface area contributed by atoms with Gasteiger partial charge in [-0.25, -0.2) is 0 Å². The number of hydrogen-bond acceptors (Lipinski definition) is 3. The highest BCUT2D eigenvalue weighted by Crippen LogP contribution is 2.24. The zero-order valence-corrected chi connectivity index (χ0v) is 6.97. The summed E-state index contributed by atoms with van der Waals surface area (Å²) in [7, 11) is 3.03. The van der Waals surface area contributed by atoms with Crippen molar-refractivity contribution in [3.05, 3.63) is 17.3 Å². The molecule has 0 N–H and O–H groups in total. The number of pyridine rings is 1. The van der Waals surface area contributed by atoms with Gasteiger partial charge in [0.05, 0.1) is 14.2 Å². The van der Waals surface area contributed by atoms with Crippen LogP contribution in [-0.2, 0) is 0 Å². The molecule has 0 atom stereocenters. The molecule has 1 heterocycles. The molecule has 0 spiro atoms. The zero-order valence-electron chi connectivity index (χ0n) is 6.22. The molecule has 0 fully saturated rings. The van der Waals surface area contributed by atoms with Crippen molar-refractivity contribution in [1.29, 1.82) is 0 Å². The second-order valence-electron chi connectivity index (χ2n) is 1.77. The van der Waals surface area contributed by atoms with Crippen LogP contribution in [-0.4, -0.2) is 19.2 Å². The van der Waals surface area contributed by atoms with Crippen LogP contribution in [0.1, 0.15) is 0 Å². The summed E-state index contributed by atoms with van der Waals surface area (Å²) < 4.78 is 9.79. The van der Waals surface area contributed by atoms with E-state index in [4.69, 9.17) is 21.1 Å². The first kappa shape index (κ1) is 8.14. The van der Waals surface area contributed by atoms with E-state index in [9.17, 15) is 0 Å². The van der Waals surface area contributed by atoms with E-state index >= 15 is 0 Å². The highest BCUT2D eigenvalue weighted by molar-refractivity contribution is 6.29. The largest absolute Gasteiger partial charge is 0.491 e. The zero-order chi connectivity index (χ0) is 8.27. The van der Waals surface area contributed by atoms with E-state index < -0.39 is 0 Å². The van der Waals surface area contributed by atoms with E-state index in [1.165, 1.54) is 14.2 Å². The lowest BCUT2D eigenvalue weighted by Crippen LogP contribution is -1.92. The molecule has 1 aromatic heterocycles. The van der Waals surface area contributed by atoms with Crippen molar-refractivity contribution >= 4 is 11.6 Å². The van der Waals surface area contributed by atoms with E-state index in [0.717, 1.165) is 0 Å². The van der Waals surface area contributed by atoms with Gasteiger partial charge in [0.25, 0.3) is 5.88 Å². The molecule has 0 aromatic carbocycles. The van der Waals surface area contributed by atoms with Gasteiger partial charge < -0.3 is 9.47 Å². The van der Waals surface area contributed by atoms with Gasteiger partial charge in [0.2, 0.25) is 0 Å². The summed E-state index contributed by atoms with van der Waals surface area (Å²) in [6, 6.07) is 4.25. The fourth-order valence-corrected chi connectivity index (χ4v) is 0.787. The van der Waals surface area contributed by atoms with Crippen LogP contribution in [0.15, 0.2) is 6.07 Å². The predicted octanol–water partition coefficient (Wildman–Crippen LogP) is 1.55. The number of aromatic nitrogens is 1. The van der Waals surface area contributed by atoms with Crippen LogP contribution in [0.5, 0.6) is 11.6 Å². The lowest BCUT2D eigenvalue weighted by Gasteiger charge is -2.04. The normalized spacial score (nSPS) is 9.36. The van der Waals surface area contributed by atoms with Crippen LogP contribution in [0.3, 0.4) is 0 Å². The Morgan fingerprint density at radius 3 is 2.73 bits per heavy atom. The molecule has 0 bridgehead atoms. The van der Waals surface area contributed by atoms with Crippen LogP contribution >= 0.6 is 11.6 Å². The highest BCUT2D eigenvalue weighted by atomic mass is 35.5. The number of ether oxygens (including phenoxy) is 2. The number of halogens is 1. The lowest BCUT2D eigenvalue weighted by molar-refractivity contribution is 0.343. The number of rotatable bonds is 2. The fraction of sp³-hybridized carbons (Fsp3) is 0.286. The Balaban J connectivity index is 3.06. The van der Waals surface area contributed by atoms with Crippen LogP contribution in [0, 0.1) is 6.07 Å². The van der Waals surface area contributed by atoms with Gasteiger partial charge in [-0.3, -0.25) is 0 Å². The molecule has 0 aliphatic heterocycles. The van der Waals surface area contributed by atoms with Crippen molar-refractivity contribution in [1.82, 2.24) is 4.98 Å². The first-order valence-corrected chi connectivity index (χ1v) is 3.32. The molecule has 0 saturated carbocycles. The van der Waals surface area contributed by atoms with Crippen LogP contribution in [0.4, 0.5) is 0 Å². The standard InChI is InChI=1S/C7H7ClNO2/c1-10-5-3-4-6(8)9-7(5)11-2/h3H,1-2H3. The topological polar surface area (TPSA) is 31.4 Å². The summed E-state index contributed by atoms with van der Waals surface area (Å²) in [6.07, 6.45) is 0. The van der Waals surface area contributed by atoms with Crippen molar-refractivity contribution < 1.29 is 9.47 Å². The van der Waals surface area contributed by atoms with E-state index in [-0.39, 0.29) is 5.15 Å². The van der Waals surface area contributed by atoms with Gasteiger partial charge in [-0.2, -0.15) is 4.98 Å². The summed E-state index contributed by atoms with van der Waals surface area (Å²) in [6.45, 7) is 0.